The first-order chi connectivity index (χ1) is 9.95. The normalized spacial score (nSPS) is 25.8. The summed E-state index contributed by atoms with van der Waals surface area (Å²) in [6.45, 7) is 6.17. The number of aromatic nitrogens is 1. The second kappa shape index (κ2) is 5.45. The van der Waals surface area contributed by atoms with Crippen LogP contribution in [0.25, 0.3) is 0 Å². The van der Waals surface area contributed by atoms with Gasteiger partial charge in [-0.15, -0.1) is 0 Å². The zero-order valence-corrected chi connectivity index (χ0v) is 13.7. The molecule has 116 valence electrons. The molecule has 3 N–H and O–H groups in total. The maximum Gasteiger partial charge on any atom is 0.0945 e. The molecule has 0 saturated carbocycles. The van der Waals surface area contributed by atoms with Crippen LogP contribution >= 0.6 is 0 Å². The van der Waals surface area contributed by atoms with Gasteiger partial charge < -0.3 is 5.32 Å². The molecule has 1 fully saturated rings. The summed E-state index contributed by atoms with van der Waals surface area (Å²) in [6.07, 6.45) is 6.16. The van der Waals surface area contributed by atoms with Gasteiger partial charge in [0.2, 0.25) is 0 Å². The van der Waals surface area contributed by atoms with Crippen molar-refractivity contribution < 1.29 is 4.21 Å². The molecule has 1 aromatic heterocycles. The van der Waals surface area contributed by atoms with Crippen molar-refractivity contribution in [3.05, 3.63) is 29.6 Å². The van der Waals surface area contributed by atoms with E-state index in [1.807, 2.05) is 26.1 Å². The third-order valence-corrected chi connectivity index (χ3v) is 6.66. The van der Waals surface area contributed by atoms with E-state index in [1.54, 1.807) is 0 Å². The van der Waals surface area contributed by atoms with Crippen molar-refractivity contribution in [1.82, 2.24) is 10.3 Å². The number of nitrogens with one attached hydrogen (secondary N) is 1. The minimum absolute atomic E-state index is 0.276. The average molecular weight is 307 g/mol. The molecular formula is C16H25N3OS. The van der Waals surface area contributed by atoms with E-state index in [-0.39, 0.29) is 10.2 Å². The molecule has 0 amide bonds. The fourth-order valence-electron chi connectivity index (χ4n) is 4.05. The van der Waals surface area contributed by atoms with Gasteiger partial charge in [0.15, 0.2) is 0 Å². The number of fused-ring (bicyclic) bond motifs is 1. The van der Waals surface area contributed by atoms with E-state index in [4.69, 9.17) is 5.14 Å². The molecule has 2 atom stereocenters. The highest BCUT2D eigenvalue weighted by molar-refractivity contribution is 7.84. The predicted molar refractivity (Wildman–Crippen MR) is 86.2 cm³/mol. The highest BCUT2D eigenvalue weighted by Crippen LogP contribution is 2.55. The molecule has 21 heavy (non-hydrogen) atoms. The predicted octanol–water partition coefficient (Wildman–Crippen LogP) is 1.88. The van der Waals surface area contributed by atoms with Crippen molar-refractivity contribution in [2.45, 2.75) is 50.2 Å². The Balaban J connectivity index is 1.97. The molecule has 5 heteroatoms. The van der Waals surface area contributed by atoms with Gasteiger partial charge >= 0.3 is 0 Å². The zero-order chi connectivity index (χ0) is 15.1. The van der Waals surface area contributed by atoms with Crippen LogP contribution in [0.5, 0.6) is 0 Å². The summed E-state index contributed by atoms with van der Waals surface area (Å²) in [5.74, 6) is 0.422. The van der Waals surface area contributed by atoms with Crippen molar-refractivity contribution in [2.75, 3.05) is 13.1 Å². The Hall–Kier alpha value is -0.780. The number of nitrogens with two attached hydrogens (primary N) is 1. The number of hydrogen-bond acceptors (Lipinski definition) is 3. The summed E-state index contributed by atoms with van der Waals surface area (Å²) in [5, 5.41) is 9.19. The highest BCUT2D eigenvalue weighted by Gasteiger charge is 2.49. The summed E-state index contributed by atoms with van der Waals surface area (Å²) in [7, 11) is -1.31. The molecule has 2 heterocycles. The van der Waals surface area contributed by atoms with Crippen molar-refractivity contribution in [2.24, 2.45) is 10.6 Å². The quantitative estimate of drug-likeness (QED) is 0.896. The van der Waals surface area contributed by atoms with E-state index >= 15 is 0 Å². The summed E-state index contributed by atoms with van der Waals surface area (Å²) in [6, 6.07) is 4.23. The highest BCUT2D eigenvalue weighted by atomic mass is 32.2. The molecule has 3 rings (SSSR count). The zero-order valence-electron chi connectivity index (χ0n) is 12.9. The second-order valence-electron chi connectivity index (χ2n) is 7.14. The van der Waals surface area contributed by atoms with Crippen molar-refractivity contribution >= 4 is 11.0 Å². The second-order valence-corrected chi connectivity index (χ2v) is 8.84. The van der Waals surface area contributed by atoms with Crippen molar-refractivity contribution in [1.29, 1.82) is 0 Å². The maximum atomic E-state index is 11.9. The third-order valence-electron chi connectivity index (χ3n) is 5.40. The smallest absolute Gasteiger partial charge is 0.0945 e. The van der Waals surface area contributed by atoms with Crippen LogP contribution in [0.4, 0.5) is 0 Å². The van der Waals surface area contributed by atoms with Gasteiger partial charge in [-0.25, -0.2) is 4.21 Å². The van der Waals surface area contributed by atoms with Crippen LogP contribution in [0.15, 0.2) is 18.3 Å². The SMILES string of the molecule is CC(C)(C[C@@H]1c2cccnc2CC12CCNCC2)S(N)=O. The molecule has 4 nitrogen and oxygen atoms in total. The third kappa shape index (κ3) is 2.67. The van der Waals surface area contributed by atoms with Crippen molar-refractivity contribution in [3.8, 4) is 0 Å². The lowest BCUT2D eigenvalue weighted by molar-refractivity contribution is 0.158. The summed E-state index contributed by atoms with van der Waals surface area (Å²) < 4.78 is 11.5. The fourth-order valence-corrected chi connectivity index (χ4v) is 4.38. The lowest BCUT2D eigenvalue weighted by Gasteiger charge is -2.42. The minimum Gasteiger partial charge on any atom is -0.317 e. The van der Waals surface area contributed by atoms with Crippen LogP contribution in [0.2, 0.25) is 0 Å². The number of rotatable bonds is 3. The number of nitrogens with zero attached hydrogens (tertiary/aromatic N) is 1. The van der Waals surface area contributed by atoms with Gasteiger partial charge in [0, 0.05) is 11.9 Å². The molecule has 1 saturated heterocycles. The molecule has 0 radical (unpaired) electrons. The maximum absolute atomic E-state index is 11.9. The molecule has 1 aliphatic heterocycles. The monoisotopic (exact) mass is 307 g/mol. The number of hydrogen-bond donors (Lipinski definition) is 2. The molecule has 1 spiro atoms. The van der Waals surface area contributed by atoms with E-state index in [0.29, 0.717) is 5.92 Å². The van der Waals surface area contributed by atoms with Crippen LogP contribution in [0.3, 0.4) is 0 Å². The van der Waals surface area contributed by atoms with Crippen LogP contribution < -0.4 is 10.5 Å². The summed E-state index contributed by atoms with van der Waals surface area (Å²) in [4.78, 5) is 4.61. The van der Waals surface area contributed by atoms with Crippen LogP contribution in [0.1, 0.15) is 50.3 Å². The fraction of sp³-hybridized carbons (Fsp3) is 0.688. The standard InChI is InChI=1S/C16H25N3OS/c1-15(2,21(17)20)10-13-12-4-3-7-19-14(12)11-16(13)5-8-18-9-6-16/h3-4,7,13,18H,5-6,8-11,17H2,1-2H3/t13-,21?/m1/s1. The number of pyridine rings is 1. The van der Waals surface area contributed by atoms with Gasteiger partial charge in [-0.05, 0) is 75.6 Å². The Morgan fingerprint density at radius 2 is 2.19 bits per heavy atom. The molecule has 0 aromatic carbocycles. The van der Waals surface area contributed by atoms with E-state index in [0.717, 1.165) is 25.9 Å². The van der Waals surface area contributed by atoms with Gasteiger partial charge in [0.25, 0.3) is 0 Å². The topological polar surface area (TPSA) is 68.0 Å². The average Bonchev–Trinajstić information content (AvgIpc) is 2.73. The molecule has 1 unspecified atom stereocenters. The van der Waals surface area contributed by atoms with Crippen LogP contribution in [0, 0.1) is 5.41 Å². The van der Waals surface area contributed by atoms with Crippen LogP contribution in [-0.4, -0.2) is 27.0 Å². The lowest BCUT2D eigenvalue weighted by atomic mass is 9.67. The summed E-state index contributed by atoms with van der Waals surface area (Å²) in [5.41, 5.74) is 2.87. The lowest BCUT2D eigenvalue weighted by Crippen LogP contribution is -2.43. The Morgan fingerprint density at radius 1 is 1.48 bits per heavy atom. The molecular weight excluding hydrogens is 282 g/mol. The minimum atomic E-state index is -1.31. The van der Waals surface area contributed by atoms with Crippen LogP contribution in [-0.2, 0) is 17.4 Å². The first kappa shape index (κ1) is 15.1. The Bertz CT molecular complexity index is 552. The van der Waals surface area contributed by atoms with Gasteiger partial charge in [-0.3, -0.25) is 10.1 Å². The molecule has 0 bridgehead atoms. The van der Waals surface area contributed by atoms with Gasteiger partial charge in [-0.1, -0.05) is 6.07 Å². The molecule has 1 aromatic rings. The van der Waals surface area contributed by atoms with E-state index in [1.165, 1.54) is 24.1 Å². The molecule has 1 aliphatic carbocycles. The largest absolute Gasteiger partial charge is 0.317 e. The first-order valence-corrected chi connectivity index (χ1v) is 8.97. The van der Waals surface area contributed by atoms with Gasteiger partial charge in [-0.2, -0.15) is 0 Å². The first-order valence-electron chi connectivity index (χ1n) is 7.75. The van der Waals surface area contributed by atoms with E-state index < -0.39 is 11.0 Å². The van der Waals surface area contributed by atoms with Crippen molar-refractivity contribution in [3.63, 3.8) is 0 Å². The van der Waals surface area contributed by atoms with Gasteiger partial charge in [0.1, 0.15) is 0 Å². The summed E-state index contributed by atoms with van der Waals surface area (Å²) >= 11 is 0. The number of piperidine rings is 1. The Kier molecular flexibility index (Phi) is 3.93. The Morgan fingerprint density at radius 3 is 2.86 bits per heavy atom. The van der Waals surface area contributed by atoms with E-state index in [9.17, 15) is 4.21 Å². The Labute approximate surface area is 129 Å². The van der Waals surface area contributed by atoms with E-state index in [2.05, 4.69) is 16.4 Å². The molecule has 2 aliphatic rings. The van der Waals surface area contributed by atoms with Gasteiger partial charge in [0.05, 0.1) is 15.7 Å².